The minimum atomic E-state index is -0.134. The van der Waals surface area contributed by atoms with Crippen LogP contribution in [0.1, 0.15) is 25.0 Å². The number of para-hydroxylation sites is 1. The molecule has 24 heavy (non-hydrogen) atoms. The van der Waals surface area contributed by atoms with Gasteiger partial charge in [0.25, 0.3) is 0 Å². The van der Waals surface area contributed by atoms with Crippen LogP contribution in [0.4, 0.5) is 5.69 Å². The number of thioether (sulfide) groups is 1. The Morgan fingerprint density at radius 1 is 1.08 bits per heavy atom. The van der Waals surface area contributed by atoms with Gasteiger partial charge in [-0.05, 0) is 17.2 Å². The van der Waals surface area contributed by atoms with Crippen LogP contribution >= 0.6 is 11.8 Å². The number of benzene rings is 2. The molecule has 1 aliphatic rings. The smallest absolute Gasteiger partial charge is 0.167 e. The van der Waals surface area contributed by atoms with Crippen LogP contribution < -0.4 is 4.90 Å². The van der Waals surface area contributed by atoms with E-state index in [0.29, 0.717) is 5.75 Å². The van der Waals surface area contributed by atoms with Gasteiger partial charge in [-0.25, -0.2) is 0 Å². The fourth-order valence-corrected chi connectivity index (χ4v) is 4.11. The molecule has 2 nitrogen and oxygen atoms in total. The van der Waals surface area contributed by atoms with Gasteiger partial charge in [0.05, 0.1) is 5.75 Å². The second-order valence-electron chi connectivity index (χ2n) is 6.68. The molecule has 2 aromatic carbocycles. The predicted octanol–water partition coefficient (Wildman–Crippen LogP) is 4.80. The van der Waals surface area contributed by atoms with Gasteiger partial charge in [-0.2, -0.15) is 0 Å². The van der Waals surface area contributed by atoms with Crippen LogP contribution in [-0.4, -0.2) is 18.6 Å². The predicted molar refractivity (Wildman–Crippen MR) is 104 cm³/mol. The van der Waals surface area contributed by atoms with Crippen molar-refractivity contribution in [2.45, 2.75) is 25.0 Å². The molecule has 0 radical (unpaired) electrons. The first kappa shape index (κ1) is 16.8. The molecule has 3 rings (SSSR count). The van der Waals surface area contributed by atoms with E-state index in [1.165, 1.54) is 16.8 Å². The van der Waals surface area contributed by atoms with Crippen molar-refractivity contribution in [3.63, 3.8) is 0 Å². The normalized spacial score (nSPS) is 17.1. The number of fused-ring (bicyclic) bond motifs is 1. The highest BCUT2D eigenvalue weighted by molar-refractivity contribution is 7.99. The molecular formula is C21H23NOS. The lowest BCUT2D eigenvalue weighted by molar-refractivity contribution is -0.112. The number of hydrogen-bond donors (Lipinski definition) is 0. The van der Waals surface area contributed by atoms with Crippen molar-refractivity contribution in [2.24, 2.45) is 0 Å². The molecule has 124 valence electrons. The van der Waals surface area contributed by atoms with E-state index in [0.717, 1.165) is 11.4 Å². The van der Waals surface area contributed by atoms with E-state index in [4.69, 9.17) is 0 Å². The Morgan fingerprint density at radius 3 is 2.46 bits per heavy atom. The molecule has 2 aromatic rings. The van der Waals surface area contributed by atoms with E-state index >= 15 is 0 Å². The highest BCUT2D eigenvalue weighted by Crippen LogP contribution is 2.46. The molecule has 3 heteroatoms. The summed E-state index contributed by atoms with van der Waals surface area (Å²) >= 11 is 1.67. The zero-order chi connectivity index (χ0) is 17.2. The Morgan fingerprint density at radius 2 is 1.75 bits per heavy atom. The van der Waals surface area contributed by atoms with Crippen LogP contribution in [0.15, 0.2) is 66.4 Å². The first-order valence-electron chi connectivity index (χ1n) is 8.20. The van der Waals surface area contributed by atoms with Gasteiger partial charge in [-0.15, -0.1) is 11.8 Å². The molecule has 0 spiro atoms. The van der Waals surface area contributed by atoms with Gasteiger partial charge in [-0.1, -0.05) is 62.4 Å². The molecule has 0 amide bonds. The number of hydrogen-bond acceptors (Lipinski definition) is 3. The molecule has 0 aliphatic carbocycles. The number of ketones is 1. The molecule has 0 bridgehead atoms. The summed E-state index contributed by atoms with van der Waals surface area (Å²) in [4.78, 5) is 14.6. The maximum absolute atomic E-state index is 12.4. The lowest BCUT2D eigenvalue weighted by Crippen LogP contribution is -2.24. The van der Waals surface area contributed by atoms with E-state index in [2.05, 4.69) is 49.1 Å². The molecule has 0 unspecified atom stereocenters. The molecule has 0 fully saturated rings. The summed E-state index contributed by atoms with van der Waals surface area (Å²) in [6.07, 6.45) is 1.83. The van der Waals surface area contributed by atoms with Gasteiger partial charge >= 0.3 is 0 Å². The Hall–Kier alpha value is -2.00. The Kier molecular flexibility index (Phi) is 4.81. The van der Waals surface area contributed by atoms with Gasteiger partial charge in [0.1, 0.15) is 0 Å². The number of likely N-dealkylation sites (N-methyl/N-ethyl adjacent to an activating group) is 1. The van der Waals surface area contributed by atoms with Crippen molar-refractivity contribution in [1.29, 1.82) is 0 Å². The fourth-order valence-electron chi connectivity index (χ4n) is 3.30. The molecule has 0 aromatic heterocycles. The largest absolute Gasteiger partial charge is 0.347 e. The van der Waals surface area contributed by atoms with Gasteiger partial charge in [-0.3, -0.25) is 4.79 Å². The maximum Gasteiger partial charge on any atom is 0.167 e. The minimum absolute atomic E-state index is 0.134. The van der Waals surface area contributed by atoms with Gasteiger partial charge in [0.2, 0.25) is 0 Å². The summed E-state index contributed by atoms with van der Waals surface area (Å²) in [5, 5.41) is 0. The van der Waals surface area contributed by atoms with Crippen molar-refractivity contribution in [3.05, 3.63) is 77.5 Å². The summed E-state index contributed by atoms with van der Waals surface area (Å²) in [6.45, 7) is 4.37. The second kappa shape index (κ2) is 6.86. The summed E-state index contributed by atoms with van der Waals surface area (Å²) in [6, 6.07) is 18.7. The zero-order valence-corrected chi connectivity index (χ0v) is 15.3. The summed E-state index contributed by atoms with van der Waals surface area (Å²) < 4.78 is 0. The highest BCUT2D eigenvalue weighted by atomic mass is 32.2. The molecule has 0 atom stereocenters. The molecule has 0 N–H and O–H groups in total. The Labute approximate surface area is 148 Å². The first-order chi connectivity index (χ1) is 11.5. The first-order valence-corrected chi connectivity index (χ1v) is 9.35. The lowest BCUT2D eigenvalue weighted by atomic mass is 9.83. The third-order valence-corrected chi connectivity index (χ3v) is 5.62. The quantitative estimate of drug-likeness (QED) is 0.731. The number of carbonyl (C=O) groups excluding carboxylic acids is 1. The van der Waals surface area contributed by atoms with E-state index in [1.54, 1.807) is 11.8 Å². The summed E-state index contributed by atoms with van der Waals surface area (Å²) in [5.74, 6) is 1.56. The standard InChI is InChI=1S/C21H23NOS/c1-21(2)18-11-7-8-12-19(18)22(3)20(21)13-17(23)15-24-14-16-9-5-4-6-10-16/h4-13H,14-15H2,1-3H3/b20-13-. The highest BCUT2D eigenvalue weighted by Gasteiger charge is 2.38. The van der Waals surface area contributed by atoms with Crippen LogP contribution in [0.2, 0.25) is 0 Å². The van der Waals surface area contributed by atoms with Crippen LogP contribution in [0.3, 0.4) is 0 Å². The maximum atomic E-state index is 12.4. The van der Waals surface area contributed by atoms with Crippen molar-refractivity contribution in [2.75, 3.05) is 17.7 Å². The molecular weight excluding hydrogens is 314 g/mol. The minimum Gasteiger partial charge on any atom is -0.347 e. The average molecular weight is 337 g/mol. The third-order valence-electron chi connectivity index (χ3n) is 4.59. The van der Waals surface area contributed by atoms with E-state index < -0.39 is 0 Å². The third kappa shape index (κ3) is 3.27. The molecule has 1 heterocycles. The van der Waals surface area contributed by atoms with Crippen LogP contribution in [0.25, 0.3) is 0 Å². The SMILES string of the molecule is CN1/C(=C\C(=O)CSCc2ccccc2)C(C)(C)c2ccccc21. The van der Waals surface area contributed by atoms with Gasteiger partial charge in [0, 0.05) is 35.7 Å². The topological polar surface area (TPSA) is 20.3 Å². The number of allylic oxidation sites excluding steroid dienone is 2. The molecule has 0 saturated heterocycles. The monoisotopic (exact) mass is 337 g/mol. The van der Waals surface area contributed by atoms with Crippen molar-refractivity contribution < 1.29 is 4.79 Å². The van der Waals surface area contributed by atoms with Crippen LogP contribution in [-0.2, 0) is 16.0 Å². The van der Waals surface area contributed by atoms with E-state index in [-0.39, 0.29) is 11.2 Å². The number of anilines is 1. The fraction of sp³-hybridized carbons (Fsp3) is 0.286. The van der Waals surface area contributed by atoms with Crippen LogP contribution in [0, 0.1) is 0 Å². The molecule has 0 saturated carbocycles. The number of carbonyl (C=O) groups is 1. The van der Waals surface area contributed by atoms with Crippen LogP contribution in [0.5, 0.6) is 0 Å². The lowest BCUT2D eigenvalue weighted by Gasteiger charge is -2.23. The van der Waals surface area contributed by atoms with Gasteiger partial charge < -0.3 is 4.90 Å². The summed E-state index contributed by atoms with van der Waals surface area (Å²) in [5.41, 5.74) is 4.68. The zero-order valence-electron chi connectivity index (χ0n) is 14.5. The molecule has 1 aliphatic heterocycles. The van der Waals surface area contributed by atoms with Crippen molar-refractivity contribution >= 4 is 23.2 Å². The Balaban J connectivity index is 1.69. The Bertz CT molecular complexity index is 764. The summed E-state index contributed by atoms with van der Waals surface area (Å²) in [7, 11) is 2.05. The van der Waals surface area contributed by atoms with Crippen molar-refractivity contribution in [1.82, 2.24) is 0 Å². The van der Waals surface area contributed by atoms with E-state index in [1.807, 2.05) is 37.4 Å². The average Bonchev–Trinajstić information content (AvgIpc) is 2.77. The number of rotatable bonds is 5. The number of nitrogens with zero attached hydrogens (tertiary/aromatic N) is 1. The van der Waals surface area contributed by atoms with E-state index in [9.17, 15) is 4.79 Å². The van der Waals surface area contributed by atoms with Gasteiger partial charge in [0.15, 0.2) is 5.78 Å². The second-order valence-corrected chi connectivity index (χ2v) is 7.66. The van der Waals surface area contributed by atoms with Crippen molar-refractivity contribution in [3.8, 4) is 0 Å².